The van der Waals surface area contributed by atoms with Gasteiger partial charge in [0.25, 0.3) is 0 Å². The van der Waals surface area contributed by atoms with Crippen molar-refractivity contribution in [2.75, 3.05) is 11.9 Å². The molecule has 2 aromatic carbocycles. The molecular formula is C19H23NO. The van der Waals surface area contributed by atoms with Crippen molar-refractivity contribution in [3.8, 4) is 5.75 Å². The third-order valence-electron chi connectivity index (χ3n) is 4.10. The smallest absolute Gasteiger partial charge is 0.121 e. The summed E-state index contributed by atoms with van der Waals surface area (Å²) in [5, 5.41) is 3.65. The first-order valence-corrected chi connectivity index (χ1v) is 7.69. The van der Waals surface area contributed by atoms with Gasteiger partial charge in [-0.1, -0.05) is 36.4 Å². The summed E-state index contributed by atoms with van der Waals surface area (Å²) in [7, 11) is 0. The Bertz CT molecular complexity index is 619. The van der Waals surface area contributed by atoms with Gasteiger partial charge in [-0.3, -0.25) is 0 Å². The fourth-order valence-corrected chi connectivity index (χ4v) is 3.22. The van der Waals surface area contributed by atoms with Gasteiger partial charge in [-0.2, -0.15) is 0 Å². The molecule has 0 aliphatic carbocycles. The van der Waals surface area contributed by atoms with E-state index in [0.29, 0.717) is 12.5 Å². The molecule has 1 unspecified atom stereocenters. The standard InChI is InChI=1S/C19H23NO/c1-4-21-15-10-11-16-17(14-8-6-5-7-9-14)13-19(2,3)20-18(16)12-15/h5-12,17,20H,4,13H2,1-3H3. The highest BCUT2D eigenvalue weighted by Crippen LogP contribution is 2.43. The van der Waals surface area contributed by atoms with Crippen molar-refractivity contribution in [1.29, 1.82) is 0 Å². The largest absolute Gasteiger partial charge is 0.494 e. The van der Waals surface area contributed by atoms with Crippen LogP contribution in [0.4, 0.5) is 5.69 Å². The Morgan fingerprint density at radius 3 is 2.62 bits per heavy atom. The molecule has 0 bridgehead atoms. The molecule has 0 saturated carbocycles. The summed E-state index contributed by atoms with van der Waals surface area (Å²) >= 11 is 0. The zero-order chi connectivity index (χ0) is 14.9. The third-order valence-corrected chi connectivity index (χ3v) is 4.10. The lowest BCUT2D eigenvalue weighted by Gasteiger charge is -2.39. The van der Waals surface area contributed by atoms with Gasteiger partial charge in [0, 0.05) is 23.2 Å². The Morgan fingerprint density at radius 2 is 1.90 bits per heavy atom. The number of nitrogens with one attached hydrogen (secondary N) is 1. The Kier molecular flexibility index (Phi) is 3.62. The number of fused-ring (bicyclic) bond motifs is 1. The average Bonchev–Trinajstić information content (AvgIpc) is 2.46. The summed E-state index contributed by atoms with van der Waals surface area (Å²) in [5.74, 6) is 1.38. The first-order chi connectivity index (χ1) is 10.1. The average molecular weight is 281 g/mol. The zero-order valence-electron chi connectivity index (χ0n) is 13.0. The quantitative estimate of drug-likeness (QED) is 0.871. The monoisotopic (exact) mass is 281 g/mol. The van der Waals surface area contributed by atoms with Gasteiger partial charge < -0.3 is 10.1 Å². The molecule has 0 fully saturated rings. The molecule has 2 nitrogen and oxygen atoms in total. The molecule has 0 aromatic heterocycles. The Morgan fingerprint density at radius 1 is 1.14 bits per heavy atom. The second-order valence-electron chi connectivity index (χ2n) is 6.36. The highest BCUT2D eigenvalue weighted by Gasteiger charge is 2.32. The van der Waals surface area contributed by atoms with Crippen molar-refractivity contribution in [1.82, 2.24) is 0 Å². The first-order valence-electron chi connectivity index (χ1n) is 7.69. The lowest BCUT2D eigenvalue weighted by Crippen LogP contribution is -2.37. The number of rotatable bonds is 3. The summed E-state index contributed by atoms with van der Waals surface area (Å²) in [4.78, 5) is 0. The van der Waals surface area contributed by atoms with E-state index < -0.39 is 0 Å². The van der Waals surface area contributed by atoms with Gasteiger partial charge in [0.05, 0.1) is 6.61 Å². The second-order valence-corrected chi connectivity index (χ2v) is 6.36. The maximum absolute atomic E-state index is 5.64. The van der Waals surface area contributed by atoms with Crippen molar-refractivity contribution >= 4 is 5.69 Å². The molecule has 1 N–H and O–H groups in total. The molecule has 0 radical (unpaired) electrons. The van der Waals surface area contributed by atoms with E-state index in [2.05, 4.69) is 67.7 Å². The van der Waals surface area contributed by atoms with Crippen LogP contribution in [0.3, 0.4) is 0 Å². The summed E-state index contributed by atoms with van der Waals surface area (Å²) in [6.45, 7) is 7.24. The number of hydrogen-bond donors (Lipinski definition) is 1. The highest BCUT2D eigenvalue weighted by atomic mass is 16.5. The topological polar surface area (TPSA) is 21.3 Å². The normalized spacial score (nSPS) is 19.5. The van der Waals surface area contributed by atoms with Crippen LogP contribution >= 0.6 is 0 Å². The summed E-state index contributed by atoms with van der Waals surface area (Å²) in [5.41, 5.74) is 4.03. The van der Waals surface area contributed by atoms with Crippen LogP contribution in [0.1, 0.15) is 44.2 Å². The van der Waals surface area contributed by atoms with Crippen LogP contribution < -0.4 is 10.1 Å². The van der Waals surface area contributed by atoms with Crippen molar-refractivity contribution in [3.63, 3.8) is 0 Å². The molecule has 1 aliphatic heterocycles. The molecule has 1 atom stereocenters. The van der Waals surface area contributed by atoms with Gasteiger partial charge in [-0.25, -0.2) is 0 Å². The minimum Gasteiger partial charge on any atom is -0.494 e. The van der Waals surface area contributed by atoms with Crippen LogP contribution in [0.25, 0.3) is 0 Å². The maximum Gasteiger partial charge on any atom is 0.121 e. The van der Waals surface area contributed by atoms with E-state index in [1.165, 1.54) is 16.8 Å². The van der Waals surface area contributed by atoms with E-state index in [1.807, 2.05) is 6.92 Å². The predicted octanol–water partition coefficient (Wildman–Crippen LogP) is 4.81. The van der Waals surface area contributed by atoms with Gasteiger partial charge in [-0.15, -0.1) is 0 Å². The summed E-state index contributed by atoms with van der Waals surface area (Å²) < 4.78 is 5.64. The van der Waals surface area contributed by atoms with Crippen LogP contribution in [-0.2, 0) is 0 Å². The van der Waals surface area contributed by atoms with Crippen LogP contribution in [0.15, 0.2) is 48.5 Å². The number of ether oxygens (including phenoxy) is 1. The van der Waals surface area contributed by atoms with E-state index in [1.54, 1.807) is 0 Å². The fraction of sp³-hybridized carbons (Fsp3) is 0.368. The first kappa shape index (κ1) is 14.0. The lowest BCUT2D eigenvalue weighted by atomic mass is 9.77. The minimum absolute atomic E-state index is 0.0817. The van der Waals surface area contributed by atoms with Crippen LogP contribution in [0.5, 0.6) is 5.75 Å². The Hall–Kier alpha value is -1.96. The molecule has 1 aliphatic rings. The van der Waals surface area contributed by atoms with Crippen LogP contribution in [0.2, 0.25) is 0 Å². The van der Waals surface area contributed by atoms with E-state index in [-0.39, 0.29) is 5.54 Å². The number of benzene rings is 2. The molecule has 2 aromatic rings. The SMILES string of the molecule is CCOc1ccc2c(c1)NC(C)(C)CC2c1ccccc1. The molecule has 21 heavy (non-hydrogen) atoms. The lowest BCUT2D eigenvalue weighted by molar-refractivity contribution is 0.340. The number of hydrogen-bond acceptors (Lipinski definition) is 2. The van der Waals surface area contributed by atoms with Crippen molar-refractivity contribution in [2.24, 2.45) is 0 Å². The molecule has 0 saturated heterocycles. The van der Waals surface area contributed by atoms with Crippen LogP contribution in [-0.4, -0.2) is 12.1 Å². The van der Waals surface area contributed by atoms with Crippen molar-refractivity contribution < 1.29 is 4.74 Å². The highest BCUT2D eigenvalue weighted by molar-refractivity contribution is 5.62. The van der Waals surface area contributed by atoms with Gasteiger partial charge >= 0.3 is 0 Å². The molecule has 3 rings (SSSR count). The zero-order valence-corrected chi connectivity index (χ0v) is 13.0. The third kappa shape index (κ3) is 2.90. The second kappa shape index (κ2) is 5.44. The molecule has 110 valence electrons. The van der Waals surface area contributed by atoms with Gasteiger partial charge in [0.15, 0.2) is 0 Å². The van der Waals surface area contributed by atoms with E-state index in [0.717, 1.165) is 12.2 Å². The van der Waals surface area contributed by atoms with Gasteiger partial charge in [0.2, 0.25) is 0 Å². The summed E-state index contributed by atoms with van der Waals surface area (Å²) in [6.07, 6.45) is 1.10. The van der Waals surface area contributed by atoms with E-state index in [4.69, 9.17) is 4.74 Å². The molecule has 1 heterocycles. The number of anilines is 1. The Balaban J connectivity index is 2.04. The van der Waals surface area contributed by atoms with Crippen molar-refractivity contribution in [2.45, 2.75) is 38.6 Å². The van der Waals surface area contributed by atoms with E-state index >= 15 is 0 Å². The minimum atomic E-state index is 0.0817. The van der Waals surface area contributed by atoms with Gasteiger partial charge in [0.1, 0.15) is 5.75 Å². The Labute approximate surface area is 127 Å². The fourth-order valence-electron chi connectivity index (χ4n) is 3.22. The van der Waals surface area contributed by atoms with Crippen molar-refractivity contribution in [3.05, 3.63) is 59.7 Å². The van der Waals surface area contributed by atoms with Crippen LogP contribution in [0, 0.1) is 0 Å². The van der Waals surface area contributed by atoms with E-state index in [9.17, 15) is 0 Å². The predicted molar refractivity (Wildman–Crippen MR) is 88.2 cm³/mol. The molecule has 2 heteroatoms. The molecule has 0 amide bonds. The molecular weight excluding hydrogens is 258 g/mol. The van der Waals surface area contributed by atoms with Gasteiger partial charge in [-0.05, 0) is 44.4 Å². The molecule has 0 spiro atoms. The maximum atomic E-state index is 5.64. The summed E-state index contributed by atoms with van der Waals surface area (Å²) in [6, 6.07) is 17.2.